The number of carbonyl (C=O) groups is 2. The molecule has 1 heterocycles. The van der Waals surface area contributed by atoms with Crippen LogP contribution in [0.25, 0.3) is 17.3 Å². The predicted molar refractivity (Wildman–Crippen MR) is 159 cm³/mol. The number of aromatic nitrogens is 1. The minimum Gasteiger partial charge on any atom is -0.490 e. The van der Waals surface area contributed by atoms with Crippen molar-refractivity contribution in [2.75, 3.05) is 32.8 Å². The van der Waals surface area contributed by atoms with Crippen molar-refractivity contribution in [3.8, 4) is 11.3 Å². The van der Waals surface area contributed by atoms with Crippen molar-refractivity contribution in [1.29, 1.82) is 0 Å². The summed E-state index contributed by atoms with van der Waals surface area (Å²) in [6.45, 7) is 7.24. The highest BCUT2D eigenvalue weighted by Crippen LogP contribution is 2.34. The molecule has 0 saturated heterocycles. The largest absolute Gasteiger partial charge is 0.490 e. The van der Waals surface area contributed by atoms with Gasteiger partial charge in [-0.15, -0.1) is 11.3 Å². The zero-order valence-corrected chi connectivity index (χ0v) is 25.5. The van der Waals surface area contributed by atoms with Crippen LogP contribution in [0.5, 0.6) is 0 Å². The third-order valence-electron chi connectivity index (χ3n) is 5.77. The Bertz CT molecular complexity index is 1410. The topological polar surface area (TPSA) is 107 Å². The number of rotatable bonds is 12. The van der Waals surface area contributed by atoms with Crippen molar-refractivity contribution in [1.82, 2.24) is 4.98 Å². The summed E-state index contributed by atoms with van der Waals surface area (Å²) >= 11 is 13.7. The van der Waals surface area contributed by atoms with E-state index < -0.39 is 23.8 Å². The van der Waals surface area contributed by atoms with E-state index in [1.54, 1.807) is 23.6 Å². The molecule has 1 unspecified atom stereocenters. The standard InChI is InChI=1S/C29H31Cl2FN2O6S/c1-29(2,3)15-40-10-9-23(38-4)18-8-6-7-17(25(18)32)22-14-41-28(33-22)34-26(35)16-11-20(30)19(21(31)12-16)13-24(39-5)27(36)37/h6-8,11-14,23H,9-10,15H2,1-5H3,(H,36,37)(H,33,34,35)/b24-13-. The van der Waals surface area contributed by atoms with Gasteiger partial charge < -0.3 is 19.3 Å². The van der Waals surface area contributed by atoms with Crippen molar-refractivity contribution in [2.45, 2.75) is 33.3 Å². The van der Waals surface area contributed by atoms with Gasteiger partial charge in [-0.05, 0) is 29.7 Å². The lowest BCUT2D eigenvalue weighted by molar-refractivity contribution is -0.135. The first kappa shape index (κ1) is 32.5. The summed E-state index contributed by atoms with van der Waals surface area (Å²) < 4.78 is 31.7. The van der Waals surface area contributed by atoms with Crippen LogP contribution in [0.1, 0.15) is 54.8 Å². The number of anilines is 1. The lowest BCUT2D eigenvalue weighted by Crippen LogP contribution is -2.16. The second kappa shape index (κ2) is 14.2. The minimum absolute atomic E-state index is 0.0287. The number of hydrogen-bond donors (Lipinski definition) is 2. The second-order valence-electron chi connectivity index (χ2n) is 10.2. The van der Waals surface area contributed by atoms with E-state index in [-0.39, 0.29) is 43.0 Å². The number of aliphatic carboxylic acids is 1. The van der Waals surface area contributed by atoms with E-state index in [2.05, 4.69) is 31.1 Å². The van der Waals surface area contributed by atoms with Crippen molar-refractivity contribution in [3.05, 3.63) is 74.0 Å². The molecule has 220 valence electrons. The lowest BCUT2D eigenvalue weighted by atomic mass is 9.98. The van der Waals surface area contributed by atoms with E-state index >= 15 is 4.39 Å². The summed E-state index contributed by atoms with van der Waals surface area (Å²) in [5, 5.41) is 13.8. The van der Waals surface area contributed by atoms with Crippen LogP contribution in [0.3, 0.4) is 0 Å². The molecule has 3 rings (SSSR count). The fourth-order valence-electron chi connectivity index (χ4n) is 3.78. The lowest BCUT2D eigenvalue weighted by Gasteiger charge is -2.21. The van der Waals surface area contributed by atoms with Gasteiger partial charge in [0.25, 0.3) is 5.91 Å². The van der Waals surface area contributed by atoms with Gasteiger partial charge >= 0.3 is 5.97 Å². The van der Waals surface area contributed by atoms with E-state index in [1.807, 2.05) is 0 Å². The van der Waals surface area contributed by atoms with Crippen LogP contribution in [0.15, 0.2) is 41.5 Å². The molecule has 8 nitrogen and oxygen atoms in total. The summed E-state index contributed by atoms with van der Waals surface area (Å²) in [4.78, 5) is 28.5. The number of halogens is 3. The second-order valence-corrected chi connectivity index (χ2v) is 11.9. The number of carboxylic acid groups (broad SMARTS) is 1. The Balaban J connectivity index is 1.76. The number of nitrogens with zero attached hydrogens (tertiary/aromatic N) is 1. The first-order chi connectivity index (χ1) is 19.3. The Kier molecular flexibility index (Phi) is 11.3. The summed E-state index contributed by atoms with van der Waals surface area (Å²) in [6.07, 6.45) is 1.14. The monoisotopic (exact) mass is 624 g/mol. The van der Waals surface area contributed by atoms with Crippen molar-refractivity contribution in [2.24, 2.45) is 5.41 Å². The van der Waals surface area contributed by atoms with Gasteiger partial charge in [0.2, 0.25) is 5.76 Å². The highest BCUT2D eigenvalue weighted by molar-refractivity contribution is 7.14. The molecule has 12 heteroatoms. The molecule has 0 fully saturated rings. The molecule has 3 aromatic rings. The molecule has 2 aromatic carbocycles. The van der Waals surface area contributed by atoms with Crippen LogP contribution < -0.4 is 5.32 Å². The van der Waals surface area contributed by atoms with Crippen LogP contribution >= 0.6 is 34.5 Å². The molecule has 41 heavy (non-hydrogen) atoms. The van der Waals surface area contributed by atoms with Crippen molar-refractivity contribution in [3.63, 3.8) is 0 Å². The summed E-state index contributed by atoms with van der Waals surface area (Å²) in [7, 11) is 2.73. The molecule has 1 aromatic heterocycles. The van der Waals surface area contributed by atoms with Gasteiger partial charge in [0, 0.05) is 47.8 Å². The maximum absolute atomic E-state index is 15.6. The maximum atomic E-state index is 15.6. The first-order valence-electron chi connectivity index (χ1n) is 12.5. The number of nitrogens with one attached hydrogen (secondary N) is 1. The Morgan fingerprint density at radius 1 is 1.20 bits per heavy atom. The Labute approximate surface area is 252 Å². The smallest absolute Gasteiger partial charge is 0.371 e. The number of carbonyl (C=O) groups excluding carboxylic acids is 1. The van der Waals surface area contributed by atoms with Gasteiger partial charge in [-0.3, -0.25) is 10.1 Å². The van der Waals surface area contributed by atoms with Crippen molar-refractivity contribution >= 4 is 57.6 Å². The van der Waals surface area contributed by atoms with Crippen molar-refractivity contribution < 1.29 is 33.3 Å². The van der Waals surface area contributed by atoms with Gasteiger partial charge in [-0.25, -0.2) is 14.2 Å². The molecule has 1 atom stereocenters. The van der Waals surface area contributed by atoms with Gasteiger partial charge in [-0.2, -0.15) is 0 Å². The molecule has 1 amide bonds. The van der Waals surface area contributed by atoms with Gasteiger partial charge in [0.05, 0.1) is 35.6 Å². The Hall–Kier alpha value is -3.02. The molecule has 0 bridgehead atoms. The molecule has 0 aliphatic carbocycles. The molecular weight excluding hydrogens is 594 g/mol. The van der Waals surface area contributed by atoms with Crippen LogP contribution in [-0.4, -0.2) is 49.4 Å². The summed E-state index contributed by atoms with van der Waals surface area (Å²) in [6, 6.07) is 7.70. The average Bonchev–Trinajstić information content (AvgIpc) is 3.36. The van der Waals surface area contributed by atoms with E-state index in [0.29, 0.717) is 30.9 Å². The predicted octanol–water partition coefficient (Wildman–Crippen LogP) is 7.72. The van der Waals surface area contributed by atoms with Crippen LogP contribution in [0.4, 0.5) is 9.52 Å². The van der Waals surface area contributed by atoms with E-state index in [0.717, 1.165) is 17.4 Å². The highest BCUT2D eigenvalue weighted by Gasteiger charge is 2.21. The van der Waals surface area contributed by atoms with E-state index in [9.17, 15) is 9.59 Å². The van der Waals surface area contributed by atoms with Gasteiger partial charge in [-0.1, -0.05) is 56.1 Å². The number of hydrogen-bond acceptors (Lipinski definition) is 7. The molecule has 2 N–H and O–H groups in total. The maximum Gasteiger partial charge on any atom is 0.371 e. The van der Waals surface area contributed by atoms with Gasteiger partial charge in [0.15, 0.2) is 5.13 Å². The van der Waals surface area contributed by atoms with Crippen LogP contribution in [-0.2, 0) is 19.0 Å². The van der Waals surface area contributed by atoms with E-state index in [4.69, 9.17) is 42.5 Å². The summed E-state index contributed by atoms with van der Waals surface area (Å²) in [5.41, 5.74) is 1.34. The van der Waals surface area contributed by atoms with Crippen LogP contribution in [0, 0.1) is 11.2 Å². The summed E-state index contributed by atoms with van der Waals surface area (Å²) in [5.74, 6) is -2.69. The highest BCUT2D eigenvalue weighted by atomic mass is 35.5. The number of thiazole rings is 1. The third kappa shape index (κ3) is 8.73. The minimum atomic E-state index is -1.30. The molecule has 0 aliphatic rings. The molecule has 0 radical (unpaired) electrons. The van der Waals surface area contributed by atoms with Crippen LogP contribution in [0.2, 0.25) is 10.0 Å². The quantitative estimate of drug-likeness (QED) is 0.121. The SMILES string of the molecule is CO/C(=C\c1c(Cl)cc(C(=O)Nc2nc(-c3cccc(C(CCOCC(C)(C)C)OC)c3F)cs2)cc1Cl)C(=O)O. The first-order valence-corrected chi connectivity index (χ1v) is 14.1. The molecule has 0 spiro atoms. The number of benzene rings is 2. The average molecular weight is 626 g/mol. The number of ether oxygens (including phenoxy) is 3. The Morgan fingerprint density at radius 3 is 2.46 bits per heavy atom. The zero-order valence-electron chi connectivity index (χ0n) is 23.2. The Morgan fingerprint density at radius 2 is 1.88 bits per heavy atom. The molecule has 0 aliphatic heterocycles. The fraction of sp³-hybridized carbons (Fsp3) is 0.345. The normalized spacial score (nSPS) is 12.7. The molecular formula is C29H31Cl2FN2O6S. The number of carboxylic acids is 1. The number of amides is 1. The zero-order chi connectivity index (χ0) is 30.3. The fourth-order valence-corrected chi connectivity index (χ4v) is 5.08. The number of methoxy groups -OCH3 is 2. The van der Waals surface area contributed by atoms with Gasteiger partial charge in [0.1, 0.15) is 5.82 Å². The third-order valence-corrected chi connectivity index (χ3v) is 7.15. The molecule has 0 saturated carbocycles. The van der Waals surface area contributed by atoms with E-state index in [1.165, 1.54) is 26.4 Å².